The summed E-state index contributed by atoms with van der Waals surface area (Å²) in [6.45, 7) is 5.22. The second-order valence-electron chi connectivity index (χ2n) is 5.04. The average Bonchev–Trinajstić information content (AvgIpc) is 2.54. The molecule has 0 aliphatic carbocycles. The number of aliphatic imine (C=N–C) groups is 1. The predicted molar refractivity (Wildman–Crippen MR) is 94.9 cm³/mol. The minimum absolute atomic E-state index is 0.183. The van der Waals surface area contributed by atoms with Crippen LogP contribution in [0.15, 0.2) is 34.8 Å². The van der Waals surface area contributed by atoms with Gasteiger partial charge in [0.1, 0.15) is 5.75 Å². The first-order valence-corrected chi connectivity index (χ1v) is 8.38. The lowest BCUT2D eigenvalue weighted by Crippen LogP contribution is -2.32. The molecule has 7 heteroatoms. The molecule has 1 unspecified atom stereocenters. The fraction of sp³-hybridized carbons (Fsp3) is 0.353. The van der Waals surface area contributed by atoms with Gasteiger partial charge in [0.2, 0.25) is 5.91 Å². The van der Waals surface area contributed by atoms with Crippen LogP contribution in [0.25, 0.3) is 4.91 Å². The van der Waals surface area contributed by atoms with Crippen molar-refractivity contribution in [3.63, 3.8) is 0 Å². The number of nitrogens with zero attached hydrogens (tertiary/aromatic N) is 1. The van der Waals surface area contributed by atoms with E-state index < -0.39 is 11.5 Å². The summed E-state index contributed by atoms with van der Waals surface area (Å²) in [6.07, 6.45) is 0. The van der Waals surface area contributed by atoms with E-state index >= 15 is 0 Å². The Bertz CT molecular complexity index is 695. The fourth-order valence-electron chi connectivity index (χ4n) is 2.24. The lowest BCUT2D eigenvalue weighted by molar-refractivity contribution is -0.137. The van der Waals surface area contributed by atoms with Gasteiger partial charge in [0.15, 0.2) is 5.50 Å². The summed E-state index contributed by atoms with van der Waals surface area (Å²) in [5, 5.41) is 2.75. The zero-order valence-electron chi connectivity index (χ0n) is 14.1. The number of amides is 1. The van der Waals surface area contributed by atoms with Crippen molar-refractivity contribution < 1.29 is 19.1 Å². The Morgan fingerprint density at radius 3 is 2.50 bits per heavy atom. The van der Waals surface area contributed by atoms with E-state index in [0.717, 1.165) is 16.2 Å². The van der Waals surface area contributed by atoms with E-state index in [4.69, 9.17) is 9.47 Å². The molecule has 128 valence electrons. The molecule has 1 aliphatic heterocycles. The van der Waals surface area contributed by atoms with Crippen LogP contribution in [0.5, 0.6) is 5.75 Å². The summed E-state index contributed by atoms with van der Waals surface area (Å²) in [5.41, 5.74) is 1.33. The highest BCUT2D eigenvalue weighted by Crippen LogP contribution is 2.38. The number of thioether (sulfide) groups is 1. The van der Waals surface area contributed by atoms with Gasteiger partial charge in [-0.3, -0.25) is 9.79 Å². The number of benzene rings is 1. The van der Waals surface area contributed by atoms with Gasteiger partial charge in [-0.05, 0) is 31.5 Å². The van der Waals surface area contributed by atoms with Crippen LogP contribution in [0.4, 0.5) is 0 Å². The quantitative estimate of drug-likeness (QED) is 0.828. The van der Waals surface area contributed by atoms with E-state index in [1.165, 1.54) is 18.7 Å². The minimum Gasteiger partial charge on any atom is -0.497 e. The van der Waals surface area contributed by atoms with Gasteiger partial charge in [-0.15, -0.1) is 0 Å². The first-order chi connectivity index (χ1) is 11.5. The summed E-state index contributed by atoms with van der Waals surface area (Å²) < 4.78 is 10.3. The van der Waals surface area contributed by atoms with Crippen molar-refractivity contribution in [2.24, 2.45) is 4.99 Å². The molecule has 0 spiro atoms. The number of nitrogens with one attached hydrogen (secondary N) is 1. The Balaban J connectivity index is 2.46. The van der Waals surface area contributed by atoms with Gasteiger partial charge < -0.3 is 14.8 Å². The standard InChI is InChI=1S/C17H20N2O4S/c1-5-23-16(21)14-10(2)18-17(19-11(3)20)24-15(14)12-6-8-13(22-4)9-7-12/h6-9,17H,5H2,1-4H3,(H,19,20). The number of carbonyl (C=O) groups is 2. The van der Waals surface area contributed by atoms with Gasteiger partial charge >= 0.3 is 5.97 Å². The molecule has 0 radical (unpaired) electrons. The largest absolute Gasteiger partial charge is 0.497 e. The first-order valence-electron chi connectivity index (χ1n) is 7.50. The van der Waals surface area contributed by atoms with Crippen LogP contribution < -0.4 is 10.1 Å². The van der Waals surface area contributed by atoms with Gasteiger partial charge in [0.25, 0.3) is 0 Å². The molecular weight excluding hydrogens is 328 g/mol. The van der Waals surface area contributed by atoms with Crippen LogP contribution in [0.2, 0.25) is 0 Å². The maximum absolute atomic E-state index is 12.4. The number of esters is 1. The molecule has 1 heterocycles. The highest BCUT2D eigenvalue weighted by molar-refractivity contribution is 8.09. The van der Waals surface area contributed by atoms with E-state index in [2.05, 4.69) is 10.3 Å². The molecule has 1 N–H and O–H groups in total. The highest BCUT2D eigenvalue weighted by Gasteiger charge is 2.29. The molecule has 1 aliphatic rings. The molecule has 1 aromatic carbocycles. The highest BCUT2D eigenvalue weighted by atomic mass is 32.2. The molecule has 6 nitrogen and oxygen atoms in total. The number of methoxy groups -OCH3 is 1. The number of rotatable bonds is 5. The van der Waals surface area contributed by atoms with Gasteiger partial charge in [-0.2, -0.15) is 0 Å². The Hall–Kier alpha value is -2.28. The molecule has 0 fully saturated rings. The van der Waals surface area contributed by atoms with E-state index in [1.54, 1.807) is 21.0 Å². The zero-order valence-corrected chi connectivity index (χ0v) is 14.9. The van der Waals surface area contributed by atoms with Crippen LogP contribution in [0, 0.1) is 0 Å². The summed E-state index contributed by atoms with van der Waals surface area (Å²) in [7, 11) is 1.59. The average molecular weight is 348 g/mol. The summed E-state index contributed by atoms with van der Waals surface area (Å²) in [6, 6.07) is 7.37. The van der Waals surface area contributed by atoms with Crippen molar-refractivity contribution in [3.8, 4) is 5.75 Å². The predicted octanol–water partition coefficient (Wildman–Crippen LogP) is 2.60. The number of carbonyl (C=O) groups excluding carboxylic acids is 2. The Kier molecular flexibility index (Phi) is 6.03. The maximum Gasteiger partial charge on any atom is 0.341 e. The smallest absolute Gasteiger partial charge is 0.341 e. The van der Waals surface area contributed by atoms with E-state index in [0.29, 0.717) is 11.3 Å². The summed E-state index contributed by atoms with van der Waals surface area (Å²) in [5.74, 6) is 0.123. The molecule has 1 amide bonds. The first kappa shape index (κ1) is 18.1. The van der Waals surface area contributed by atoms with Crippen LogP contribution >= 0.6 is 11.8 Å². The lowest BCUT2D eigenvalue weighted by atomic mass is 10.1. The molecule has 0 bridgehead atoms. The molecule has 0 saturated carbocycles. The van der Waals surface area contributed by atoms with E-state index in [9.17, 15) is 9.59 Å². The number of hydrogen-bond donors (Lipinski definition) is 1. The summed E-state index contributed by atoms with van der Waals surface area (Å²) >= 11 is 1.31. The van der Waals surface area contributed by atoms with Crippen molar-refractivity contribution >= 4 is 34.3 Å². The second-order valence-corrected chi connectivity index (χ2v) is 6.13. The van der Waals surface area contributed by atoms with Gasteiger partial charge in [0.05, 0.1) is 25.0 Å². The van der Waals surface area contributed by atoms with E-state index in [1.807, 2.05) is 24.3 Å². The van der Waals surface area contributed by atoms with Crippen LogP contribution in [-0.2, 0) is 14.3 Å². The van der Waals surface area contributed by atoms with Gasteiger partial charge in [-0.1, -0.05) is 23.9 Å². The van der Waals surface area contributed by atoms with Crippen molar-refractivity contribution in [3.05, 3.63) is 35.4 Å². The van der Waals surface area contributed by atoms with Crippen molar-refractivity contribution in [1.82, 2.24) is 5.32 Å². The molecule has 2 rings (SSSR count). The monoisotopic (exact) mass is 348 g/mol. The number of hydrogen-bond acceptors (Lipinski definition) is 6. The fourth-order valence-corrected chi connectivity index (χ4v) is 3.52. The SMILES string of the molecule is CCOC(=O)C1=C(c2ccc(OC)cc2)SC(NC(C)=O)N=C1C. The molecule has 24 heavy (non-hydrogen) atoms. The third-order valence-corrected chi connectivity index (χ3v) is 4.41. The molecule has 1 atom stereocenters. The Morgan fingerprint density at radius 1 is 1.29 bits per heavy atom. The van der Waals surface area contributed by atoms with Crippen molar-refractivity contribution in [2.75, 3.05) is 13.7 Å². The summed E-state index contributed by atoms with van der Waals surface area (Å²) in [4.78, 5) is 28.8. The minimum atomic E-state index is -0.474. The Labute approximate surface area is 145 Å². The number of ether oxygens (including phenoxy) is 2. The van der Waals surface area contributed by atoms with Gasteiger partial charge in [-0.25, -0.2) is 4.79 Å². The topological polar surface area (TPSA) is 77.0 Å². The molecule has 0 aromatic heterocycles. The van der Waals surface area contributed by atoms with Crippen LogP contribution in [-0.4, -0.2) is 36.8 Å². The second kappa shape index (κ2) is 8.01. The maximum atomic E-state index is 12.4. The van der Waals surface area contributed by atoms with Gasteiger partial charge in [0, 0.05) is 11.8 Å². The molecule has 0 saturated heterocycles. The Morgan fingerprint density at radius 2 is 1.96 bits per heavy atom. The third-order valence-electron chi connectivity index (χ3n) is 3.29. The lowest BCUT2D eigenvalue weighted by Gasteiger charge is -2.24. The molecular formula is C17H20N2O4S. The van der Waals surface area contributed by atoms with Crippen molar-refractivity contribution in [2.45, 2.75) is 26.3 Å². The molecule has 1 aromatic rings. The van der Waals surface area contributed by atoms with Crippen molar-refractivity contribution in [1.29, 1.82) is 0 Å². The van der Waals surface area contributed by atoms with E-state index in [-0.39, 0.29) is 12.5 Å². The van der Waals surface area contributed by atoms with Crippen LogP contribution in [0.1, 0.15) is 26.3 Å². The normalized spacial score (nSPS) is 17.2. The van der Waals surface area contributed by atoms with Crippen LogP contribution in [0.3, 0.4) is 0 Å². The third kappa shape index (κ3) is 4.17. The zero-order chi connectivity index (χ0) is 17.7.